The summed E-state index contributed by atoms with van der Waals surface area (Å²) >= 11 is 5.99. The van der Waals surface area contributed by atoms with Gasteiger partial charge in [0.05, 0.1) is 6.10 Å². The quantitative estimate of drug-likeness (QED) is 0.822. The molecule has 0 heterocycles. The minimum absolute atomic E-state index is 0.0672. The molecule has 2 aromatic carbocycles. The van der Waals surface area contributed by atoms with Gasteiger partial charge in [-0.25, -0.2) is 0 Å². The highest BCUT2D eigenvalue weighted by Crippen LogP contribution is 2.20. The number of carbonyl (C=O) groups is 2. The van der Waals surface area contributed by atoms with Crippen LogP contribution in [0.3, 0.4) is 0 Å². The Hall–Kier alpha value is -2.53. The van der Waals surface area contributed by atoms with E-state index in [2.05, 4.69) is 10.6 Å². The Morgan fingerprint density at radius 3 is 2.04 bits per heavy atom. The number of aryl methyl sites for hydroxylation is 1. The summed E-state index contributed by atoms with van der Waals surface area (Å²) in [7, 11) is 0. The van der Waals surface area contributed by atoms with Crippen LogP contribution in [0.2, 0.25) is 5.02 Å². The van der Waals surface area contributed by atoms with Crippen molar-refractivity contribution in [1.29, 1.82) is 0 Å². The van der Waals surface area contributed by atoms with Crippen LogP contribution >= 0.6 is 11.6 Å². The Kier molecular flexibility index (Phi) is 5.82. The SMILES string of the molecule is Cc1ccc(NC(=O)C(=O)Nc2ccc(OC(C)C)cc2)cc1Cl. The number of rotatable bonds is 4. The van der Waals surface area contributed by atoms with Crippen molar-refractivity contribution in [3.05, 3.63) is 53.1 Å². The van der Waals surface area contributed by atoms with Gasteiger partial charge in [0, 0.05) is 16.4 Å². The van der Waals surface area contributed by atoms with Crippen LogP contribution in [0.25, 0.3) is 0 Å². The largest absolute Gasteiger partial charge is 0.491 e. The van der Waals surface area contributed by atoms with Gasteiger partial charge in [0.25, 0.3) is 0 Å². The summed E-state index contributed by atoms with van der Waals surface area (Å²) in [5.41, 5.74) is 1.86. The zero-order valence-electron chi connectivity index (χ0n) is 13.7. The van der Waals surface area contributed by atoms with Gasteiger partial charge in [-0.2, -0.15) is 0 Å². The first-order chi connectivity index (χ1) is 11.3. The number of hydrogen-bond donors (Lipinski definition) is 2. The molecule has 2 aromatic rings. The highest BCUT2D eigenvalue weighted by molar-refractivity contribution is 6.43. The molecule has 0 fully saturated rings. The van der Waals surface area contributed by atoms with Crippen molar-refractivity contribution in [2.75, 3.05) is 10.6 Å². The molecule has 2 amide bonds. The molecule has 126 valence electrons. The Bertz CT molecular complexity index is 742. The van der Waals surface area contributed by atoms with Crippen molar-refractivity contribution in [3.8, 4) is 5.75 Å². The Morgan fingerprint density at radius 1 is 0.958 bits per heavy atom. The van der Waals surface area contributed by atoms with Crippen LogP contribution in [0.15, 0.2) is 42.5 Å². The maximum Gasteiger partial charge on any atom is 0.314 e. The fraction of sp³-hybridized carbons (Fsp3) is 0.222. The third kappa shape index (κ3) is 4.99. The van der Waals surface area contributed by atoms with Gasteiger partial charge in [0.1, 0.15) is 5.75 Å². The number of ether oxygens (including phenoxy) is 1. The summed E-state index contributed by atoms with van der Waals surface area (Å²) < 4.78 is 5.52. The maximum atomic E-state index is 11.9. The average molecular weight is 347 g/mol. The average Bonchev–Trinajstić information content (AvgIpc) is 2.52. The Balaban J connectivity index is 1.95. The number of anilines is 2. The zero-order chi connectivity index (χ0) is 17.7. The van der Waals surface area contributed by atoms with E-state index in [1.54, 1.807) is 42.5 Å². The molecular weight excluding hydrogens is 328 g/mol. The lowest BCUT2D eigenvalue weighted by Crippen LogP contribution is -2.29. The molecule has 0 saturated carbocycles. The second-order valence-electron chi connectivity index (χ2n) is 5.56. The molecular formula is C18H19ClN2O3. The van der Waals surface area contributed by atoms with E-state index in [4.69, 9.17) is 16.3 Å². The minimum Gasteiger partial charge on any atom is -0.491 e. The lowest BCUT2D eigenvalue weighted by Gasteiger charge is -2.11. The van der Waals surface area contributed by atoms with E-state index in [1.165, 1.54) is 0 Å². The second-order valence-corrected chi connectivity index (χ2v) is 5.97. The van der Waals surface area contributed by atoms with Crippen LogP contribution in [0, 0.1) is 6.92 Å². The van der Waals surface area contributed by atoms with E-state index in [9.17, 15) is 9.59 Å². The van der Waals surface area contributed by atoms with Crippen molar-refractivity contribution in [2.24, 2.45) is 0 Å². The first-order valence-electron chi connectivity index (χ1n) is 7.50. The van der Waals surface area contributed by atoms with Crippen molar-refractivity contribution < 1.29 is 14.3 Å². The first kappa shape index (κ1) is 17.8. The van der Waals surface area contributed by atoms with Crippen LogP contribution in [0.1, 0.15) is 19.4 Å². The number of carbonyl (C=O) groups excluding carboxylic acids is 2. The van der Waals surface area contributed by atoms with Gasteiger partial charge >= 0.3 is 11.8 Å². The lowest BCUT2D eigenvalue weighted by atomic mass is 10.2. The molecule has 0 aliphatic carbocycles. The van der Waals surface area contributed by atoms with Gasteiger partial charge in [-0.1, -0.05) is 17.7 Å². The van der Waals surface area contributed by atoms with E-state index < -0.39 is 11.8 Å². The molecule has 2 N–H and O–H groups in total. The summed E-state index contributed by atoms with van der Waals surface area (Å²) in [6.07, 6.45) is 0.0672. The molecule has 0 bridgehead atoms. The van der Waals surface area contributed by atoms with E-state index in [-0.39, 0.29) is 6.10 Å². The minimum atomic E-state index is -0.766. The molecule has 24 heavy (non-hydrogen) atoms. The smallest absolute Gasteiger partial charge is 0.314 e. The Morgan fingerprint density at radius 2 is 1.50 bits per heavy atom. The number of benzene rings is 2. The topological polar surface area (TPSA) is 67.4 Å². The summed E-state index contributed by atoms with van der Waals surface area (Å²) in [4.78, 5) is 23.9. The van der Waals surface area contributed by atoms with E-state index in [0.29, 0.717) is 22.1 Å². The fourth-order valence-electron chi connectivity index (χ4n) is 1.94. The number of halogens is 1. The van der Waals surface area contributed by atoms with E-state index in [0.717, 1.165) is 5.56 Å². The third-order valence-corrected chi connectivity index (χ3v) is 3.53. The second kappa shape index (κ2) is 7.84. The number of nitrogens with one attached hydrogen (secondary N) is 2. The molecule has 2 rings (SSSR count). The third-order valence-electron chi connectivity index (χ3n) is 3.12. The van der Waals surface area contributed by atoms with Gasteiger partial charge in [-0.15, -0.1) is 0 Å². The molecule has 0 spiro atoms. The van der Waals surface area contributed by atoms with Crippen LogP contribution in [-0.4, -0.2) is 17.9 Å². The monoisotopic (exact) mass is 346 g/mol. The van der Waals surface area contributed by atoms with Crippen molar-refractivity contribution in [1.82, 2.24) is 0 Å². The fourth-order valence-corrected chi connectivity index (χ4v) is 2.12. The molecule has 0 saturated heterocycles. The number of hydrogen-bond acceptors (Lipinski definition) is 3. The zero-order valence-corrected chi connectivity index (χ0v) is 14.5. The molecule has 0 aliphatic heterocycles. The summed E-state index contributed by atoms with van der Waals surface area (Å²) in [6, 6.07) is 11.9. The number of amides is 2. The summed E-state index contributed by atoms with van der Waals surface area (Å²) in [5.74, 6) is -0.830. The summed E-state index contributed by atoms with van der Waals surface area (Å²) in [5, 5.41) is 5.56. The predicted molar refractivity (Wildman–Crippen MR) is 95.7 cm³/mol. The van der Waals surface area contributed by atoms with Crippen molar-refractivity contribution >= 4 is 34.8 Å². The normalized spacial score (nSPS) is 10.4. The van der Waals surface area contributed by atoms with Crippen molar-refractivity contribution in [3.63, 3.8) is 0 Å². The van der Waals surface area contributed by atoms with Gasteiger partial charge in [0.2, 0.25) is 0 Å². The van der Waals surface area contributed by atoms with E-state index >= 15 is 0 Å². The van der Waals surface area contributed by atoms with Crippen molar-refractivity contribution in [2.45, 2.75) is 26.9 Å². The van der Waals surface area contributed by atoms with Gasteiger partial charge < -0.3 is 15.4 Å². The van der Waals surface area contributed by atoms with Gasteiger partial charge in [0.15, 0.2) is 0 Å². The van der Waals surface area contributed by atoms with Crippen LogP contribution in [0.5, 0.6) is 5.75 Å². The Labute approximate surface area is 146 Å². The molecule has 0 atom stereocenters. The molecule has 0 unspecified atom stereocenters. The van der Waals surface area contributed by atoms with Gasteiger partial charge in [-0.3, -0.25) is 9.59 Å². The van der Waals surface area contributed by atoms with Crippen LogP contribution < -0.4 is 15.4 Å². The highest BCUT2D eigenvalue weighted by Gasteiger charge is 2.14. The maximum absolute atomic E-state index is 11.9. The predicted octanol–water partition coefficient (Wildman–Crippen LogP) is 4.01. The lowest BCUT2D eigenvalue weighted by molar-refractivity contribution is -0.132. The highest BCUT2D eigenvalue weighted by atomic mass is 35.5. The first-order valence-corrected chi connectivity index (χ1v) is 7.88. The molecule has 0 aromatic heterocycles. The van der Waals surface area contributed by atoms with Crippen LogP contribution in [-0.2, 0) is 9.59 Å². The standard InChI is InChI=1S/C18H19ClN2O3/c1-11(2)24-15-8-6-13(7-9-15)20-17(22)18(23)21-14-5-4-12(3)16(19)10-14/h4-11H,1-3H3,(H,20,22)(H,21,23). The molecule has 6 heteroatoms. The van der Waals surface area contributed by atoms with Crippen LogP contribution in [0.4, 0.5) is 11.4 Å². The van der Waals surface area contributed by atoms with Gasteiger partial charge in [-0.05, 0) is 62.7 Å². The van der Waals surface area contributed by atoms with E-state index in [1.807, 2.05) is 20.8 Å². The molecule has 0 aliphatic rings. The molecule has 0 radical (unpaired) electrons. The molecule has 5 nitrogen and oxygen atoms in total. The summed E-state index contributed by atoms with van der Waals surface area (Å²) in [6.45, 7) is 5.71.